The molecule has 0 atom stereocenters. The average Bonchev–Trinajstić information content (AvgIpc) is 2.12. The summed E-state index contributed by atoms with van der Waals surface area (Å²) in [7, 11) is -3.24. The summed E-state index contributed by atoms with van der Waals surface area (Å²) in [6.45, 7) is 3.37. The van der Waals surface area contributed by atoms with Crippen molar-refractivity contribution < 1.29 is 8.42 Å². The minimum atomic E-state index is -3.24. The van der Waals surface area contributed by atoms with E-state index in [-0.39, 0.29) is 0 Å². The van der Waals surface area contributed by atoms with Crippen molar-refractivity contribution in [1.82, 2.24) is 4.31 Å². The van der Waals surface area contributed by atoms with Crippen molar-refractivity contribution in [3.63, 3.8) is 0 Å². The number of hydrogen-bond donors (Lipinski definition) is 0. The maximum Gasteiger partial charge on any atom is 0.243 e. The zero-order valence-electron chi connectivity index (χ0n) is 10.0. The van der Waals surface area contributed by atoms with E-state index in [4.69, 9.17) is 0 Å². The quantitative estimate of drug-likeness (QED) is 0.808. The van der Waals surface area contributed by atoms with E-state index in [0.29, 0.717) is 10.3 Å². The van der Waals surface area contributed by atoms with Crippen LogP contribution in [0.4, 0.5) is 0 Å². The molecule has 17 heavy (non-hydrogen) atoms. The van der Waals surface area contributed by atoms with Crippen LogP contribution in [0.5, 0.6) is 0 Å². The Hall–Kier alpha value is -0.870. The van der Waals surface area contributed by atoms with Crippen LogP contribution in [0.25, 0.3) is 0 Å². The largest absolute Gasteiger partial charge is 0.243 e. The van der Waals surface area contributed by atoms with Crippen molar-refractivity contribution in [2.24, 2.45) is 5.41 Å². The van der Waals surface area contributed by atoms with E-state index in [1.54, 1.807) is 22.5 Å². The lowest BCUT2D eigenvalue weighted by molar-refractivity contribution is -0.00794. The molecule has 0 amide bonds. The summed E-state index contributed by atoms with van der Waals surface area (Å²) in [5.74, 6) is 0. The molecule has 3 rings (SSSR count). The second kappa shape index (κ2) is 3.56. The second-order valence-corrected chi connectivity index (χ2v) is 7.38. The number of benzene rings is 1. The highest BCUT2D eigenvalue weighted by Crippen LogP contribution is 2.49. The summed E-state index contributed by atoms with van der Waals surface area (Å²) in [6, 6.07) is 7.17. The lowest BCUT2D eigenvalue weighted by Crippen LogP contribution is -2.61. The molecule has 1 aromatic carbocycles. The van der Waals surface area contributed by atoms with Crippen LogP contribution in [0.1, 0.15) is 24.8 Å². The Labute approximate surface area is 102 Å². The fourth-order valence-electron chi connectivity index (χ4n) is 2.79. The SMILES string of the molecule is Cc1cccc(S(=O)(=O)N2CC3(CCC3)C2)c1. The Balaban J connectivity index is 1.83. The minimum absolute atomic E-state index is 0.344. The van der Waals surface area contributed by atoms with Gasteiger partial charge in [0.05, 0.1) is 4.90 Å². The van der Waals surface area contributed by atoms with Gasteiger partial charge in [0.2, 0.25) is 10.0 Å². The third-order valence-corrected chi connectivity index (χ3v) is 5.85. The fraction of sp³-hybridized carbons (Fsp3) is 0.538. The molecule has 1 saturated heterocycles. The molecule has 1 aromatic rings. The molecule has 2 aliphatic rings. The molecule has 1 saturated carbocycles. The van der Waals surface area contributed by atoms with E-state index < -0.39 is 10.0 Å². The van der Waals surface area contributed by atoms with E-state index in [2.05, 4.69) is 0 Å². The van der Waals surface area contributed by atoms with Crippen LogP contribution in [0.3, 0.4) is 0 Å². The zero-order chi connectivity index (χ0) is 12.1. The molecule has 2 fully saturated rings. The molecular weight excluding hydrogens is 234 g/mol. The molecule has 0 unspecified atom stereocenters. The first-order valence-corrected chi connectivity index (χ1v) is 7.53. The van der Waals surface area contributed by atoms with Gasteiger partial charge < -0.3 is 0 Å². The van der Waals surface area contributed by atoms with Gasteiger partial charge in [-0.3, -0.25) is 0 Å². The van der Waals surface area contributed by atoms with Gasteiger partial charge in [-0.05, 0) is 42.9 Å². The second-order valence-electron chi connectivity index (χ2n) is 5.44. The van der Waals surface area contributed by atoms with Gasteiger partial charge in [0.1, 0.15) is 0 Å². The fourth-order valence-corrected chi connectivity index (χ4v) is 4.56. The monoisotopic (exact) mass is 251 g/mol. The number of nitrogens with zero attached hydrogens (tertiary/aromatic N) is 1. The lowest BCUT2D eigenvalue weighted by atomic mass is 9.65. The van der Waals surface area contributed by atoms with Gasteiger partial charge in [-0.15, -0.1) is 0 Å². The third-order valence-electron chi connectivity index (χ3n) is 4.07. The van der Waals surface area contributed by atoms with E-state index >= 15 is 0 Å². The Morgan fingerprint density at radius 1 is 1.24 bits per heavy atom. The molecule has 0 N–H and O–H groups in total. The van der Waals surface area contributed by atoms with E-state index in [1.807, 2.05) is 13.0 Å². The van der Waals surface area contributed by atoms with Crippen molar-refractivity contribution in [2.45, 2.75) is 31.1 Å². The number of sulfonamides is 1. The normalized spacial score (nSPS) is 23.1. The third kappa shape index (κ3) is 1.70. The minimum Gasteiger partial charge on any atom is -0.207 e. The summed E-state index contributed by atoms with van der Waals surface area (Å²) in [6.07, 6.45) is 3.66. The predicted octanol–water partition coefficient (Wildman–Crippen LogP) is 2.17. The van der Waals surface area contributed by atoms with Gasteiger partial charge in [0.15, 0.2) is 0 Å². The first kappa shape index (κ1) is 11.2. The summed E-state index contributed by atoms with van der Waals surface area (Å²) in [5, 5.41) is 0. The average molecular weight is 251 g/mol. The summed E-state index contributed by atoms with van der Waals surface area (Å²) in [4.78, 5) is 0.437. The van der Waals surface area contributed by atoms with Crippen molar-refractivity contribution in [3.05, 3.63) is 29.8 Å². The van der Waals surface area contributed by atoms with Crippen molar-refractivity contribution in [3.8, 4) is 0 Å². The maximum absolute atomic E-state index is 12.3. The van der Waals surface area contributed by atoms with Crippen LogP contribution in [0.15, 0.2) is 29.2 Å². The molecule has 1 aliphatic carbocycles. The Kier molecular flexibility index (Phi) is 2.35. The first-order valence-electron chi connectivity index (χ1n) is 6.09. The highest BCUT2D eigenvalue weighted by Gasteiger charge is 2.51. The van der Waals surface area contributed by atoms with Crippen molar-refractivity contribution >= 4 is 10.0 Å². The van der Waals surface area contributed by atoms with Gasteiger partial charge in [-0.25, -0.2) is 8.42 Å². The molecule has 0 bridgehead atoms. The zero-order valence-corrected chi connectivity index (χ0v) is 10.8. The summed E-state index contributed by atoms with van der Waals surface area (Å²) in [5.41, 5.74) is 1.33. The Bertz CT molecular complexity index is 538. The predicted molar refractivity (Wildman–Crippen MR) is 66.2 cm³/mol. The smallest absolute Gasteiger partial charge is 0.207 e. The molecule has 4 heteroatoms. The lowest BCUT2D eigenvalue weighted by Gasteiger charge is -2.54. The van der Waals surface area contributed by atoms with Gasteiger partial charge >= 0.3 is 0 Å². The summed E-state index contributed by atoms with van der Waals surface area (Å²) >= 11 is 0. The van der Waals surface area contributed by atoms with Crippen LogP contribution in [0.2, 0.25) is 0 Å². The van der Waals surface area contributed by atoms with Crippen LogP contribution in [-0.2, 0) is 10.0 Å². The number of rotatable bonds is 2. The number of aryl methyl sites for hydroxylation is 1. The standard InChI is InChI=1S/C13H17NO2S/c1-11-4-2-5-12(8-11)17(15,16)14-9-13(10-14)6-3-7-13/h2,4-5,8H,3,6-7,9-10H2,1H3. The van der Waals surface area contributed by atoms with Crippen molar-refractivity contribution in [2.75, 3.05) is 13.1 Å². The maximum atomic E-state index is 12.3. The molecule has 92 valence electrons. The Morgan fingerprint density at radius 2 is 1.94 bits per heavy atom. The van der Waals surface area contributed by atoms with Crippen LogP contribution in [-0.4, -0.2) is 25.8 Å². The van der Waals surface area contributed by atoms with Crippen LogP contribution < -0.4 is 0 Å². The van der Waals surface area contributed by atoms with Crippen LogP contribution >= 0.6 is 0 Å². The molecule has 0 aromatic heterocycles. The number of hydrogen-bond acceptors (Lipinski definition) is 2. The Morgan fingerprint density at radius 3 is 2.47 bits per heavy atom. The van der Waals surface area contributed by atoms with Gasteiger partial charge in [0.25, 0.3) is 0 Å². The van der Waals surface area contributed by atoms with Gasteiger partial charge in [0, 0.05) is 13.1 Å². The molecular formula is C13H17NO2S. The molecule has 1 heterocycles. The van der Waals surface area contributed by atoms with Gasteiger partial charge in [-0.1, -0.05) is 18.6 Å². The van der Waals surface area contributed by atoms with E-state index in [1.165, 1.54) is 19.3 Å². The van der Waals surface area contributed by atoms with Crippen LogP contribution in [0, 0.1) is 12.3 Å². The van der Waals surface area contributed by atoms with E-state index in [9.17, 15) is 8.42 Å². The topological polar surface area (TPSA) is 37.4 Å². The summed E-state index contributed by atoms with van der Waals surface area (Å²) < 4.78 is 26.3. The molecule has 0 radical (unpaired) electrons. The van der Waals surface area contributed by atoms with Crippen molar-refractivity contribution in [1.29, 1.82) is 0 Å². The molecule has 1 aliphatic heterocycles. The molecule has 3 nitrogen and oxygen atoms in total. The molecule has 1 spiro atoms. The van der Waals surface area contributed by atoms with Gasteiger partial charge in [-0.2, -0.15) is 4.31 Å². The highest BCUT2D eigenvalue weighted by atomic mass is 32.2. The van der Waals surface area contributed by atoms with E-state index in [0.717, 1.165) is 18.7 Å². The first-order chi connectivity index (χ1) is 8.02. The highest BCUT2D eigenvalue weighted by molar-refractivity contribution is 7.89.